The van der Waals surface area contributed by atoms with Gasteiger partial charge in [0.2, 0.25) is 0 Å². The lowest BCUT2D eigenvalue weighted by atomic mass is 10.0. The molecule has 0 radical (unpaired) electrons. The van der Waals surface area contributed by atoms with Gasteiger partial charge in [-0.2, -0.15) is 0 Å². The highest BCUT2D eigenvalue weighted by molar-refractivity contribution is 5.99. The summed E-state index contributed by atoms with van der Waals surface area (Å²) < 4.78 is 21.6. The van der Waals surface area contributed by atoms with Crippen LogP contribution in [0.2, 0.25) is 0 Å². The lowest BCUT2D eigenvalue weighted by Crippen LogP contribution is -2.45. The molecular weight excluding hydrogens is 432 g/mol. The molecule has 176 valence electrons. The van der Waals surface area contributed by atoms with Gasteiger partial charge in [-0.3, -0.25) is 14.9 Å². The summed E-state index contributed by atoms with van der Waals surface area (Å²) >= 11 is 0. The van der Waals surface area contributed by atoms with E-state index in [4.69, 9.17) is 18.9 Å². The summed E-state index contributed by atoms with van der Waals surface area (Å²) in [5, 5.41) is 14.0. The Morgan fingerprint density at radius 2 is 2.00 bits per heavy atom. The Hall–Kier alpha value is -3.66. The largest absolute Gasteiger partial charge is 0.493 e. The Kier molecular flexibility index (Phi) is 7.83. The normalized spacial score (nSPS) is 13.5. The number of non-ortho nitro benzene ring substituents is 1. The number of para-hydroxylation sites is 1. The molecular formula is C23H26N2O8. The summed E-state index contributed by atoms with van der Waals surface area (Å²) in [4.78, 5) is 36.4. The summed E-state index contributed by atoms with van der Waals surface area (Å²) in [7, 11) is 0. The summed E-state index contributed by atoms with van der Waals surface area (Å²) in [5.41, 5.74) is 1.00. The highest BCUT2D eigenvalue weighted by Gasteiger charge is 2.28. The van der Waals surface area contributed by atoms with E-state index in [1.165, 1.54) is 12.1 Å². The first-order chi connectivity index (χ1) is 15.8. The molecule has 1 amide bonds. The molecule has 1 N–H and O–H groups in total. The fourth-order valence-corrected chi connectivity index (χ4v) is 3.38. The smallest absolute Gasteiger partial charge is 0.329 e. The number of carbonyl (C=O) groups excluding carboxylic acids is 2. The molecule has 2 aromatic carbocycles. The number of nitrogens with zero attached hydrogens (tertiary/aromatic N) is 1. The van der Waals surface area contributed by atoms with Crippen LogP contribution in [0.1, 0.15) is 42.3 Å². The number of hydrogen-bond acceptors (Lipinski definition) is 8. The Morgan fingerprint density at radius 1 is 1.24 bits per heavy atom. The molecule has 2 aromatic rings. The van der Waals surface area contributed by atoms with E-state index in [0.29, 0.717) is 34.8 Å². The summed E-state index contributed by atoms with van der Waals surface area (Å²) in [6.45, 7) is 5.65. The van der Waals surface area contributed by atoms with Gasteiger partial charge in [0.1, 0.15) is 24.1 Å². The summed E-state index contributed by atoms with van der Waals surface area (Å²) in [6.07, 6.45) is 0. The SMILES string of the molecule is CCOc1ccccc1C(=O)N[C@@H](C(=O)OCc1cc([N+](=O)[O-])cc2c1OCOC2)C(C)C. The number of benzene rings is 2. The van der Waals surface area contributed by atoms with Crippen molar-refractivity contribution in [3.05, 3.63) is 63.2 Å². The molecule has 33 heavy (non-hydrogen) atoms. The molecule has 0 fully saturated rings. The van der Waals surface area contributed by atoms with Gasteiger partial charge in [0.05, 0.1) is 23.7 Å². The second kappa shape index (κ2) is 10.8. The summed E-state index contributed by atoms with van der Waals surface area (Å²) in [6, 6.07) is 8.48. The monoisotopic (exact) mass is 458 g/mol. The predicted molar refractivity (Wildman–Crippen MR) is 117 cm³/mol. The minimum Gasteiger partial charge on any atom is -0.493 e. The number of nitrogens with one attached hydrogen (secondary N) is 1. The van der Waals surface area contributed by atoms with Crippen LogP contribution in [0.25, 0.3) is 0 Å². The van der Waals surface area contributed by atoms with Gasteiger partial charge in [-0.25, -0.2) is 4.79 Å². The second-order valence-electron chi connectivity index (χ2n) is 7.69. The van der Waals surface area contributed by atoms with Crippen molar-refractivity contribution in [2.24, 2.45) is 5.92 Å². The van der Waals surface area contributed by atoms with Crippen LogP contribution >= 0.6 is 0 Å². The number of carbonyl (C=O) groups is 2. The van der Waals surface area contributed by atoms with Crippen LogP contribution in [0.3, 0.4) is 0 Å². The number of esters is 1. The van der Waals surface area contributed by atoms with Gasteiger partial charge in [-0.05, 0) is 25.0 Å². The van der Waals surface area contributed by atoms with E-state index in [-0.39, 0.29) is 31.6 Å². The zero-order valence-corrected chi connectivity index (χ0v) is 18.7. The van der Waals surface area contributed by atoms with E-state index >= 15 is 0 Å². The van der Waals surface area contributed by atoms with Gasteiger partial charge in [0.15, 0.2) is 6.79 Å². The third-order valence-corrected chi connectivity index (χ3v) is 4.99. The minimum atomic E-state index is -0.939. The van der Waals surface area contributed by atoms with Crippen molar-refractivity contribution < 1.29 is 33.5 Å². The van der Waals surface area contributed by atoms with Crippen molar-refractivity contribution in [1.29, 1.82) is 0 Å². The molecule has 1 aliphatic heterocycles. The molecule has 10 heteroatoms. The maximum absolute atomic E-state index is 12.9. The number of rotatable bonds is 9. The van der Waals surface area contributed by atoms with Gasteiger partial charge in [-0.1, -0.05) is 26.0 Å². The molecule has 1 atom stereocenters. The third-order valence-electron chi connectivity index (χ3n) is 4.99. The highest BCUT2D eigenvalue weighted by atomic mass is 16.7. The Morgan fingerprint density at radius 3 is 2.70 bits per heavy atom. The van der Waals surface area contributed by atoms with Crippen molar-refractivity contribution in [1.82, 2.24) is 5.32 Å². The van der Waals surface area contributed by atoms with Gasteiger partial charge < -0.3 is 24.3 Å². The quantitative estimate of drug-likeness (QED) is 0.344. The molecule has 3 rings (SSSR count). The zero-order valence-electron chi connectivity index (χ0n) is 18.7. The van der Waals surface area contributed by atoms with Crippen molar-refractivity contribution in [3.8, 4) is 11.5 Å². The first kappa shape index (κ1) is 24.0. The number of nitro groups is 1. The average Bonchev–Trinajstić information content (AvgIpc) is 2.80. The van der Waals surface area contributed by atoms with Crippen molar-refractivity contribution in [2.75, 3.05) is 13.4 Å². The molecule has 0 saturated carbocycles. The molecule has 0 bridgehead atoms. The fraction of sp³-hybridized carbons (Fsp3) is 0.391. The van der Waals surface area contributed by atoms with E-state index in [0.717, 1.165) is 0 Å². The topological polar surface area (TPSA) is 126 Å². The van der Waals surface area contributed by atoms with Crippen LogP contribution < -0.4 is 14.8 Å². The highest BCUT2D eigenvalue weighted by Crippen LogP contribution is 2.33. The fourth-order valence-electron chi connectivity index (χ4n) is 3.38. The number of hydrogen-bond donors (Lipinski definition) is 1. The molecule has 0 aliphatic carbocycles. The number of ether oxygens (including phenoxy) is 4. The number of amides is 1. The number of nitro benzene ring substituents is 1. The lowest BCUT2D eigenvalue weighted by Gasteiger charge is -2.23. The Bertz CT molecular complexity index is 1040. The third kappa shape index (κ3) is 5.78. The minimum absolute atomic E-state index is 0.00429. The first-order valence-electron chi connectivity index (χ1n) is 10.5. The molecule has 0 spiro atoms. The van der Waals surface area contributed by atoms with Crippen LogP contribution in [0, 0.1) is 16.0 Å². The lowest BCUT2D eigenvalue weighted by molar-refractivity contribution is -0.385. The van der Waals surface area contributed by atoms with E-state index in [9.17, 15) is 19.7 Å². The molecule has 1 aliphatic rings. The van der Waals surface area contributed by atoms with Crippen molar-refractivity contribution in [2.45, 2.75) is 40.0 Å². The van der Waals surface area contributed by atoms with Gasteiger partial charge in [0, 0.05) is 23.3 Å². The Balaban J connectivity index is 1.75. The van der Waals surface area contributed by atoms with Gasteiger partial charge >= 0.3 is 5.97 Å². The number of fused-ring (bicyclic) bond motifs is 1. The molecule has 0 saturated heterocycles. The van der Waals surface area contributed by atoms with Crippen molar-refractivity contribution in [3.63, 3.8) is 0 Å². The van der Waals surface area contributed by atoms with Gasteiger partial charge in [0.25, 0.3) is 11.6 Å². The zero-order chi connectivity index (χ0) is 24.0. The maximum atomic E-state index is 12.9. The van der Waals surface area contributed by atoms with Crippen LogP contribution in [-0.2, 0) is 27.5 Å². The molecule has 10 nitrogen and oxygen atoms in total. The molecule has 0 unspecified atom stereocenters. The maximum Gasteiger partial charge on any atom is 0.329 e. The van der Waals surface area contributed by atoms with Crippen LogP contribution in [0.4, 0.5) is 5.69 Å². The predicted octanol–water partition coefficient (Wildman–Crippen LogP) is 3.36. The average molecular weight is 458 g/mol. The van der Waals surface area contributed by atoms with Crippen molar-refractivity contribution >= 4 is 17.6 Å². The molecule has 0 aromatic heterocycles. The van der Waals surface area contributed by atoms with E-state index in [2.05, 4.69) is 5.32 Å². The first-order valence-corrected chi connectivity index (χ1v) is 10.5. The molecule has 1 heterocycles. The van der Waals surface area contributed by atoms with Crippen LogP contribution in [0.5, 0.6) is 11.5 Å². The standard InChI is InChI=1S/C23H26N2O8/c1-4-31-19-8-6-5-7-18(19)22(26)24-20(14(2)3)23(27)32-12-16-10-17(25(28)29)9-15-11-30-13-33-21(15)16/h5-10,14,20H,4,11-13H2,1-3H3,(H,24,26)/t20-/m1/s1. The van der Waals surface area contributed by atoms with Crippen LogP contribution in [0.15, 0.2) is 36.4 Å². The Labute approximate surface area is 190 Å². The van der Waals surface area contributed by atoms with E-state index in [1.807, 2.05) is 6.92 Å². The second-order valence-corrected chi connectivity index (χ2v) is 7.69. The van der Waals surface area contributed by atoms with Crippen LogP contribution in [-0.4, -0.2) is 36.2 Å². The van der Waals surface area contributed by atoms with E-state index in [1.54, 1.807) is 38.1 Å². The van der Waals surface area contributed by atoms with E-state index < -0.39 is 22.8 Å². The summed E-state index contributed by atoms with van der Waals surface area (Å²) in [5.74, 6) is -0.599. The van der Waals surface area contributed by atoms with Gasteiger partial charge in [-0.15, -0.1) is 0 Å².